The average molecular weight is 613 g/mol. The van der Waals surface area contributed by atoms with Gasteiger partial charge in [0.25, 0.3) is 0 Å². The van der Waals surface area contributed by atoms with Crippen LogP contribution in [-0.4, -0.2) is 9.55 Å². The molecule has 0 saturated heterocycles. The normalized spacial score (nSPS) is 11.4. The lowest BCUT2D eigenvalue weighted by Crippen LogP contribution is -1.98. The maximum absolute atomic E-state index is 5.11. The van der Waals surface area contributed by atoms with E-state index in [1.165, 1.54) is 60.5 Å². The van der Waals surface area contributed by atoms with E-state index in [0.29, 0.717) is 0 Å². The molecule has 0 bridgehead atoms. The molecule has 0 amide bonds. The molecule has 0 atom stereocenters. The van der Waals surface area contributed by atoms with Gasteiger partial charge in [0.15, 0.2) is 0 Å². The molecule has 0 aliphatic carbocycles. The van der Waals surface area contributed by atoms with Crippen LogP contribution in [0, 0.1) is 6.92 Å². The van der Waals surface area contributed by atoms with Crippen molar-refractivity contribution in [3.63, 3.8) is 0 Å². The fourth-order valence-electron chi connectivity index (χ4n) is 7.22. The molecule has 2 heteroatoms. The Labute approximate surface area is 280 Å². The summed E-state index contributed by atoms with van der Waals surface area (Å²) in [6.07, 6.45) is 0. The van der Waals surface area contributed by atoms with Gasteiger partial charge >= 0.3 is 0 Å². The fourth-order valence-corrected chi connectivity index (χ4v) is 7.22. The third kappa shape index (κ3) is 4.70. The first-order valence-electron chi connectivity index (χ1n) is 16.5. The summed E-state index contributed by atoms with van der Waals surface area (Å²) in [6.45, 7) is 2.12. The van der Waals surface area contributed by atoms with Crippen molar-refractivity contribution in [2.75, 3.05) is 0 Å². The Balaban J connectivity index is 1.21. The van der Waals surface area contributed by atoms with E-state index in [2.05, 4.69) is 187 Å². The smallest absolute Gasteiger partial charge is 0.145 e. The van der Waals surface area contributed by atoms with Gasteiger partial charge in [0.1, 0.15) is 5.82 Å². The van der Waals surface area contributed by atoms with E-state index < -0.39 is 0 Å². The van der Waals surface area contributed by atoms with E-state index in [9.17, 15) is 0 Å². The first-order chi connectivity index (χ1) is 23.7. The van der Waals surface area contributed by atoms with Gasteiger partial charge in [-0.25, -0.2) is 4.98 Å². The van der Waals surface area contributed by atoms with Crippen LogP contribution in [0.15, 0.2) is 176 Å². The van der Waals surface area contributed by atoms with Crippen LogP contribution in [0.3, 0.4) is 0 Å². The van der Waals surface area contributed by atoms with Crippen molar-refractivity contribution in [1.82, 2.24) is 9.55 Å². The van der Waals surface area contributed by atoms with Crippen molar-refractivity contribution in [3.05, 3.63) is 181 Å². The minimum Gasteiger partial charge on any atom is -0.292 e. The Morgan fingerprint density at radius 3 is 1.38 bits per heavy atom. The maximum Gasteiger partial charge on any atom is 0.145 e. The number of aryl methyl sites for hydroxylation is 1. The van der Waals surface area contributed by atoms with Crippen LogP contribution in [0.1, 0.15) is 5.56 Å². The number of nitrogens with zero attached hydrogens (tertiary/aromatic N) is 2. The Morgan fingerprint density at radius 2 is 0.833 bits per heavy atom. The van der Waals surface area contributed by atoms with Crippen LogP contribution in [0.4, 0.5) is 0 Å². The van der Waals surface area contributed by atoms with Gasteiger partial charge in [-0.3, -0.25) is 4.57 Å². The molecule has 48 heavy (non-hydrogen) atoms. The highest BCUT2D eigenvalue weighted by atomic mass is 15.1. The maximum atomic E-state index is 5.11. The number of benzene rings is 8. The zero-order valence-corrected chi connectivity index (χ0v) is 26.6. The van der Waals surface area contributed by atoms with Gasteiger partial charge in [0.2, 0.25) is 0 Å². The Morgan fingerprint density at radius 1 is 0.396 bits per heavy atom. The Bertz CT molecular complexity index is 2520. The third-order valence-electron chi connectivity index (χ3n) is 9.47. The van der Waals surface area contributed by atoms with E-state index in [4.69, 9.17) is 4.98 Å². The van der Waals surface area contributed by atoms with E-state index >= 15 is 0 Å². The third-order valence-corrected chi connectivity index (χ3v) is 9.47. The van der Waals surface area contributed by atoms with E-state index in [1.807, 2.05) is 0 Å². The van der Waals surface area contributed by atoms with Gasteiger partial charge in [-0.2, -0.15) is 0 Å². The summed E-state index contributed by atoms with van der Waals surface area (Å²) in [5, 5.41) is 5.01. The molecule has 0 unspecified atom stereocenters. The average Bonchev–Trinajstić information content (AvgIpc) is 3.53. The molecular weight excluding hydrogens is 581 g/mol. The SMILES string of the molecule is Cc1ccc2c(c1)nc(-c1ccccc1)n2-c1ccc(-c2c3ccccc3c(-c3ccc(-c4ccccc4)cc3)c3ccccc23)cc1. The first kappa shape index (κ1) is 28.0. The number of rotatable bonds is 5. The molecule has 1 aromatic heterocycles. The van der Waals surface area contributed by atoms with Gasteiger partial charge in [-0.15, -0.1) is 0 Å². The van der Waals surface area contributed by atoms with Gasteiger partial charge in [-0.1, -0.05) is 152 Å². The van der Waals surface area contributed by atoms with Gasteiger partial charge in [-0.05, 0) is 91.7 Å². The van der Waals surface area contributed by atoms with E-state index in [-0.39, 0.29) is 0 Å². The van der Waals surface area contributed by atoms with Crippen LogP contribution in [-0.2, 0) is 0 Å². The van der Waals surface area contributed by atoms with Gasteiger partial charge < -0.3 is 0 Å². The summed E-state index contributed by atoms with van der Waals surface area (Å²) in [4.78, 5) is 5.11. The van der Waals surface area contributed by atoms with Crippen molar-refractivity contribution in [1.29, 1.82) is 0 Å². The monoisotopic (exact) mass is 612 g/mol. The first-order valence-corrected chi connectivity index (χ1v) is 16.5. The summed E-state index contributed by atoms with van der Waals surface area (Å²) < 4.78 is 2.28. The molecule has 8 aromatic carbocycles. The van der Waals surface area contributed by atoms with E-state index in [0.717, 1.165) is 28.1 Å². The number of hydrogen-bond acceptors (Lipinski definition) is 1. The zero-order chi connectivity index (χ0) is 32.0. The molecule has 226 valence electrons. The molecule has 0 aliphatic rings. The van der Waals surface area contributed by atoms with Crippen LogP contribution < -0.4 is 0 Å². The van der Waals surface area contributed by atoms with Crippen LogP contribution in [0.2, 0.25) is 0 Å². The van der Waals surface area contributed by atoms with Crippen molar-refractivity contribution < 1.29 is 0 Å². The molecule has 0 fully saturated rings. The summed E-state index contributed by atoms with van der Waals surface area (Å²) in [5.41, 5.74) is 12.9. The van der Waals surface area contributed by atoms with Gasteiger partial charge in [0, 0.05) is 11.3 Å². The number of aromatic nitrogens is 2. The topological polar surface area (TPSA) is 17.8 Å². The molecule has 0 spiro atoms. The molecule has 2 nitrogen and oxygen atoms in total. The van der Waals surface area contributed by atoms with Crippen LogP contribution in [0.25, 0.3) is 83.0 Å². The summed E-state index contributed by atoms with van der Waals surface area (Å²) in [6, 6.07) is 63.3. The predicted molar refractivity (Wildman–Crippen MR) is 203 cm³/mol. The second-order valence-electron chi connectivity index (χ2n) is 12.5. The summed E-state index contributed by atoms with van der Waals surface area (Å²) in [7, 11) is 0. The van der Waals surface area contributed by atoms with E-state index in [1.54, 1.807) is 0 Å². The lowest BCUT2D eigenvalue weighted by molar-refractivity contribution is 1.10. The molecule has 9 rings (SSSR count). The molecule has 0 radical (unpaired) electrons. The van der Waals surface area contributed by atoms with Crippen LogP contribution in [0.5, 0.6) is 0 Å². The molecule has 1 heterocycles. The minimum absolute atomic E-state index is 0.947. The fraction of sp³-hybridized carbons (Fsp3) is 0.0217. The lowest BCUT2D eigenvalue weighted by Gasteiger charge is -2.18. The molecule has 0 aliphatic heterocycles. The Kier molecular flexibility index (Phi) is 6.72. The quantitative estimate of drug-likeness (QED) is 0.177. The highest BCUT2D eigenvalue weighted by Crippen LogP contribution is 2.44. The van der Waals surface area contributed by atoms with Crippen molar-refractivity contribution >= 4 is 32.6 Å². The molecule has 0 saturated carbocycles. The highest BCUT2D eigenvalue weighted by molar-refractivity contribution is 6.21. The second-order valence-corrected chi connectivity index (χ2v) is 12.5. The Hall–Kier alpha value is -6.25. The van der Waals surface area contributed by atoms with Crippen molar-refractivity contribution in [2.24, 2.45) is 0 Å². The molecular formula is C46H32N2. The largest absolute Gasteiger partial charge is 0.292 e. The number of hydrogen-bond donors (Lipinski definition) is 0. The highest BCUT2D eigenvalue weighted by Gasteiger charge is 2.18. The minimum atomic E-state index is 0.947. The zero-order valence-electron chi connectivity index (χ0n) is 26.6. The standard InChI is InChI=1S/C46H32N2/c1-31-20-29-43-42(30-31)47-46(36-14-6-3-7-15-36)48(43)37-27-25-35(26-28-37)45-40-18-10-8-16-38(40)44(39-17-9-11-19-41(39)45)34-23-21-33(22-24-34)32-12-4-2-5-13-32/h2-30H,1H3. The lowest BCUT2D eigenvalue weighted by atomic mass is 9.85. The summed E-state index contributed by atoms with van der Waals surface area (Å²) >= 11 is 0. The van der Waals surface area contributed by atoms with Crippen LogP contribution >= 0.6 is 0 Å². The number of fused-ring (bicyclic) bond motifs is 3. The van der Waals surface area contributed by atoms with Crippen molar-refractivity contribution in [3.8, 4) is 50.5 Å². The molecule has 0 N–H and O–H groups in total. The van der Waals surface area contributed by atoms with Crippen molar-refractivity contribution in [2.45, 2.75) is 6.92 Å². The second kappa shape index (κ2) is 11.5. The summed E-state index contributed by atoms with van der Waals surface area (Å²) in [5.74, 6) is 0.947. The molecule has 9 aromatic rings. The predicted octanol–water partition coefficient (Wildman–Crippen LogP) is 12.3. The number of imidazole rings is 1. The van der Waals surface area contributed by atoms with Gasteiger partial charge in [0.05, 0.1) is 11.0 Å².